The summed E-state index contributed by atoms with van der Waals surface area (Å²) in [4.78, 5) is 20.0. The molecule has 0 spiro atoms. The second-order valence-corrected chi connectivity index (χ2v) is 6.71. The van der Waals surface area contributed by atoms with E-state index >= 15 is 0 Å². The molecule has 2 rings (SSSR count). The largest absolute Gasteiger partial charge is 0.337 e. The van der Waals surface area contributed by atoms with Crippen molar-refractivity contribution in [1.82, 2.24) is 15.2 Å². The lowest BCUT2D eigenvalue weighted by atomic mass is 10.1. The van der Waals surface area contributed by atoms with Crippen LogP contribution in [0.2, 0.25) is 0 Å². The molecule has 4 nitrogen and oxygen atoms in total. The van der Waals surface area contributed by atoms with Gasteiger partial charge in [0.1, 0.15) is 4.88 Å². The van der Waals surface area contributed by atoms with Gasteiger partial charge in [0.05, 0.1) is 10.7 Å². The first-order chi connectivity index (χ1) is 9.08. The third kappa shape index (κ3) is 3.76. The molecule has 2 heterocycles. The van der Waals surface area contributed by atoms with E-state index < -0.39 is 0 Å². The molecule has 1 fully saturated rings. The molecule has 0 atom stereocenters. The van der Waals surface area contributed by atoms with E-state index in [-0.39, 0.29) is 5.91 Å². The topological polar surface area (TPSA) is 45.2 Å². The Hall–Kier alpha value is -0.940. The molecule has 0 unspecified atom stereocenters. The molecule has 1 N–H and O–H groups in total. The van der Waals surface area contributed by atoms with Crippen molar-refractivity contribution in [2.45, 2.75) is 33.6 Å². The monoisotopic (exact) mass is 281 g/mol. The van der Waals surface area contributed by atoms with Gasteiger partial charge in [0.2, 0.25) is 0 Å². The standard InChI is InChI=1S/C14H23N3OS/c1-10(2)9-12-13(19-11(3)16-12)14(18)17-7-4-5-15-6-8-17/h10,15H,4-9H2,1-3H3. The molecule has 1 aromatic rings. The minimum absolute atomic E-state index is 0.171. The molecule has 0 aliphatic carbocycles. The lowest BCUT2D eigenvalue weighted by molar-refractivity contribution is 0.0769. The van der Waals surface area contributed by atoms with Crippen LogP contribution in [-0.2, 0) is 6.42 Å². The molecule has 1 saturated heterocycles. The Morgan fingerprint density at radius 2 is 2.21 bits per heavy atom. The molecular weight excluding hydrogens is 258 g/mol. The summed E-state index contributed by atoms with van der Waals surface area (Å²) >= 11 is 1.54. The SMILES string of the molecule is Cc1nc(CC(C)C)c(C(=O)N2CCCNCC2)s1. The summed E-state index contributed by atoms with van der Waals surface area (Å²) in [6.45, 7) is 9.86. The van der Waals surface area contributed by atoms with E-state index in [1.165, 1.54) is 0 Å². The van der Waals surface area contributed by atoms with Crippen LogP contribution in [-0.4, -0.2) is 42.0 Å². The molecule has 1 aliphatic rings. The maximum Gasteiger partial charge on any atom is 0.265 e. The highest BCUT2D eigenvalue weighted by Crippen LogP contribution is 2.22. The Bertz CT molecular complexity index is 434. The molecule has 0 aromatic carbocycles. The maximum absolute atomic E-state index is 12.6. The van der Waals surface area contributed by atoms with E-state index in [1.807, 2.05) is 11.8 Å². The molecule has 0 bridgehead atoms. The van der Waals surface area contributed by atoms with Crippen LogP contribution < -0.4 is 5.32 Å². The van der Waals surface area contributed by atoms with Gasteiger partial charge in [0.15, 0.2) is 0 Å². The van der Waals surface area contributed by atoms with E-state index in [0.29, 0.717) is 5.92 Å². The van der Waals surface area contributed by atoms with Crippen LogP contribution in [0.3, 0.4) is 0 Å². The lowest BCUT2D eigenvalue weighted by Crippen LogP contribution is -2.34. The highest BCUT2D eigenvalue weighted by molar-refractivity contribution is 7.13. The third-order valence-corrected chi connectivity index (χ3v) is 4.23. The number of aromatic nitrogens is 1. The van der Waals surface area contributed by atoms with Crippen LogP contribution in [0.4, 0.5) is 0 Å². The Kier molecular flexibility index (Phi) is 4.93. The lowest BCUT2D eigenvalue weighted by Gasteiger charge is -2.19. The predicted octanol–water partition coefficient (Wildman–Crippen LogP) is 2.09. The molecule has 5 heteroatoms. The van der Waals surface area contributed by atoms with Gasteiger partial charge in [-0.2, -0.15) is 0 Å². The Morgan fingerprint density at radius 1 is 1.42 bits per heavy atom. The number of aryl methyl sites for hydroxylation is 1. The number of carbonyl (C=O) groups excluding carboxylic acids is 1. The summed E-state index contributed by atoms with van der Waals surface area (Å²) in [6, 6.07) is 0. The van der Waals surface area contributed by atoms with Gasteiger partial charge < -0.3 is 10.2 Å². The van der Waals surface area contributed by atoms with Gasteiger partial charge in [-0.3, -0.25) is 4.79 Å². The first kappa shape index (κ1) is 14.5. The summed E-state index contributed by atoms with van der Waals surface area (Å²) in [6.07, 6.45) is 1.92. The highest BCUT2D eigenvalue weighted by atomic mass is 32.1. The van der Waals surface area contributed by atoms with E-state index in [0.717, 1.165) is 54.6 Å². The fourth-order valence-electron chi connectivity index (χ4n) is 2.35. The number of carbonyl (C=O) groups is 1. The van der Waals surface area contributed by atoms with Crippen LogP contribution in [0.5, 0.6) is 0 Å². The molecule has 1 aliphatic heterocycles. The number of nitrogens with zero attached hydrogens (tertiary/aromatic N) is 2. The summed E-state index contributed by atoms with van der Waals surface area (Å²) in [5.74, 6) is 0.698. The normalized spacial score (nSPS) is 16.7. The summed E-state index contributed by atoms with van der Waals surface area (Å²) in [5, 5.41) is 4.32. The molecule has 0 saturated carbocycles. The van der Waals surface area contributed by atoms with E-state index in [9.17, 15) is 4.79 Å². The van der Waals surface area contributed by atoms with Crippen LogP contribution in [0.1, 0.15) is 40.6 Å². The molecule has 1 amide bonds. The van der Waals surface area contributed by atoms with Crippen molar-refractivity contribution in [2.24, 2.45) is 5.92 Å². The van der Waals surface area contributed by atoms with Gasteiger partial charge in [-0.25, -0.2) is 4.98 Å². The van der Waals surface area contributed by atoms with E-state index in [2.05, 4.69) is 24.1 Å². The van der Waals surface area contributed by atoms with Crippen molar-refractivity contribution in [3.8, 4) is 0 Å². The van der Waals surface area contributed by atoms with Gasteiger partial charge in [-0.15, -0.1) is 11.3 Å². The predicted molar refractivity (Wildman–Crippen MR) is 78.8 cm³/mol. The minimum Gasteiger partial charge on any atom is -0.337 e. The average molecular weight is 281 g/mol. The van der Waals surface area contributed by atoms with Crippen LogP contribution in [0.25, 0.3) is 0 Å². The fraction of sp³-hybridized carbons (Fsp3) is 0.714. The van der Waals surface area contributed by atoms with Gasteiger partial charge in [0.25, 0.3) is 5.91 Å². The Balaban J connectivity index is 2.17. The van der Waals surface area contributed by atoms with Crippen molar-refractivity contribution in [1.29, 1.82) is 0 Å². The minimum atomic E-state index is 0.171. The van der Waals surface area contributed by atoms with Gasteiger partial charge in [-0.1, -0.05) is 13.8 Å². The second-order valence-electron chi connectivity index (χ2n) is 5.50. The van der Waals surface area contributed by atoms with Crippen LogP contribution >= 0.6 is 11.3 Å². The van der Waals surface area contributed by atoms with Gasteiger partial charge >= 0.3 is 0 Å². The van der Waals surface area contributed by atoms with Crippen molar-refractivity contribution in [3.63, 3.8) is 0 Å². The molecule has 106 valence electrons. The molecule has 1 aromatic heterocycles. The fourth-order valence-corrected chi connectivity index (χ4v) is 3.27. The quantitative estimate of drug-likeness (QED) is 0.922. The van der Waals surface area contributed by atoms with Gasteiger partial charge in [-0.05, 0) is 32.2 Å². The van der Waals surface area contributed by atoms with E-state index in [1.54, 1.807) is 11.3 Å². The zero-order chi connectivity index (χ0) is 13.8. The molecule has 19 heavy (non-hydrogen) atoms. The smallest absolute Gasteiger partial charge is 0.265 e. The van der Waals surface area contributed by atoms with Gasteiger partial charge in [0, 0.05) is 19.6 Å². The van der Waals surface area contributed by atoms with Crippen LogP contribution in [0, 0.1) is 12.8 Å². The van der Waals surface area contributed by atoms with Crippen molar-refractivity contribution in [3.05, 3.63) is 15.6 Å². The number of hydrogen-bond donors (Lipinski definition) is 1. The van der Waals surface area contributed by atoms with Crippen molar-refractivity contribution >= 4 is 17.2 Å². The maximum atomic E-state index is 12.6. The Labute approximate surface area is 119 Å². The average Bonchev–Trinajstić information content (AvgIpc) is 2.57. The zero-order valence-corrected chi connectivity index (χ0v) is 12.8. The number of thiazole rings is 1. The van der Waals surface area contributed by atoms with E-state index in [4.69, 9.17) is 0 Å². The summed E-state index contributed by atoms with van der Waals surface area (Å²) in [7, 11) is 0. The first-order valence-corrected chi connectivity index (χ1v) is 7.86. The molecule has 0 radical (unpaired) electrons. The number of hydrogen-bond acceptors (Lipinski definition) is 4. The number of amides is 1. The summed E-state index contributed by atoms with van der Waals surface area (Å²) < 4.78 is 0. The number of nitrogens with one attached hydrogen (secondary N) is 1. The summed E-state index contributed by atoms with van der Waals surface area (Å²) in [5.41, 5.74) is 0.986. The zero-order valence-electron chi connectivity index (χ0n) is 12.0. The van der Waals surface area contributed by atoms with Crippen molar-refractivity contribution in [2.75, 3.05) is 26.2 Å². The highest BCUT2D eigenvalue weighted by Gasteiger charge is 2.23. The Morgan fingerprint density at radius 3 is 2.95 bits per heavy atom. The number of rotatable bonds is 3. The van der Waals surface area contributed by atoms with Crippen molar-refractivity contribution < 1.29 is 4.79 Å². The second kappa shape index (κ2) is 6.48. The molecular formula is C14H23N3OS. The first-order valence-electron chi connectivity index (χ1n) is 7.04. The van der Waals surface area contributed by atoms with Crippen LogP contribution in [0.15, 0.2) is 0 Å². The third-order valence-electron chi connectivity index (χ3n) is 3.23.